The molecule has 146 valence electrons. The summed E-state index contributed by atoms with van der Waals surface area (Å²) in [6.07, 6.45) is 5.62. The largest absolute Gasteiger partial charge is 0.497 e. The fourth-order valence-corrected chi connectivity index (χ4v) is 3.43. The lowest BCUT2D eigenvalue weighted by Gasteiger charge is -2.30. The Balaban J connectivity index is 1.55. The average molecular weight is 362 g/mol. The molecule has 1 fully saturated rings. The molecule has 1 aliphatic heterocycles. The number of hydrogen-bond donors (Lipinski definition) is 2. The van der Waals surface area contributed by atoms with E-state index in [0.29, 0.717) is 0 Å². The second-order valence-electron chi connectivity index (χ2n) is 7.59. The smallest absolute Gasteiger partial charge is 0.315 e. The summed E-state index contributed by atoms with van der Waals surface area (Å²) in [5.41, 5.74) is 1.16. The Hall–Kier alpha value is -1.75. The first-order valence-electron chi connectivity index (χ1n) is 9.96. The van der Waals surface area contributed by atoms with E-state index < -0.39 is 0 Å². The average Bonchev–Trinajstić information content (AvgIpc) is 2.63. The quantitative estimate of drug-likeness (QED) is 0.663. The molecule has 0 aromatic heterocycles. The number of urea groups is 1. The zero-order valence-electron chi connectivity index (χ0n) is 16.6. The molecule has 1 aromatic rings. The van der Waals surface area contributed by atoms with Crippen LogP contribution in [-0.2, 0) is 6.42 Å². The summed E-state index contributed by atoms with van der Waals surface area (Å²) in [6.45, 7) is 8.73. The fourth-order valence-electron chi connectivity index (χ4n) is 3.43. The summed E-state index contributed by atoms with van der Waals surface area (Å²) >= 11 is 0. The topological polar surface area (TPSA) is 53.6 Å². The maximum Gasteiger partial charge on any atom is 0.315 e. The van der Waals surface area contributed by atoms with E-state index in [1.807, 2.05) is 25.1 Å². The van der Waals surface area contributed by atoms with Crippen LogP contribution in [0.15, 0.2) is 24.3 Å². The summed E-state index contributed by atoms with van der Waals surface area (Å²) in [7, 11) is 1.67. The summed E-state index contributed by atoms with van der Waals surface area (Å²) in [5.74, 6) is 1.73. The Bertz CT molecular complexity index is 542. The van der Waals surface area contributed by atoms with Crippen molar-refractivity contribution in [1.29, 1.82) is 0 Å². The Morgan fingerprint density at radius 3 is 2.81 bits per heavy atom. The summed E-state index contributed by atoms with van der Waals surface area (Å²) in [5, 5.41) is 5.98. The molecule has 26 heavy (non-hydrogen) atoms. The standard InChI is InChI=1S/C21H35N3O2/c1-17-9-13-24(14-10-17)12-5-4-11-22-21(25)23-18(2)15-19-7-6-8-20(16-19)26-3/h6-8,16-18H,4-5,9-15H2,1-3H3,(H2,22,23,25). The van der Waals surface area contributed by atoms with E-state index in [9.17, 15) is 4.79 Å². The van der Waals surface area contributed by atoms with Crippen LogP contribution in [0.4, 0.5) is 4.79 Å². The van der Waals surface area contributed by atoms with Crippen LogP contribution in [-0.4, -0.2) is 50.3 Å². The van der Waals surface area contributed by atoms with E-state index in [4.69, 9.17) is 4.74 Å². The summed E-state index contributed by atoms with van der Waals surface area (Å²) < 4.78 is 5.24. The minimum Gasteiger partial charge on any atom is -0.497 e. The minimum absolute atomic E-state index is 0.0767. The molecule has 1 unspecified atom stereocenters. The van der Waals surface area contributed by atoms with Crippen molar-refractivity contribution in [2.75, 3.05) is 33.3 Å². The number of hydrogen-bond acceptors (Lipinski definition) is 3. The molecule has 2 N–H and O–H groups in total. The van der Waals surface area contributed by atoms with Gasteiger partial charge >= 0.3 is 6.03 Å². The van der Waals surface area contributed by atoms with Gasteiger partial charge in [-0.3, -0.25) is 0 Å². The van der Waals surface area contributed by atoms with Crippen LogP contribution >= 0.6 is 0 Å². The van der Waals surface area contributed by atoms with Crippen molar-refractivity contribution in [1.82, 2.24) is 15.5 Å². The van der Waals surface area contributed by atoms with Crippen LogP contribution in [0.1, 0.15) is 45.1 Å². The molecule has 0 bridgehead atoms. The summed E-state index contributed by atoms with van der Waals surface area (Å²) in [6, 6.07) is 7.98. The van der Waals surface area contributed by atoms with Gasteiger partial charge in [0.25, 0.3) is 0 Å². The zero-order valence-corrected chi connectivity index (χ0v) is 16.6. The van der Waals surface area contributed by atoms with Crippen molar-refractivity contribution in [2.45, 2.75) is 52.0 Å². The van der Waals surface area contributed by atoms with Gasteiger partial charge in [-0.15, -0.1) is 0 Å². The Kier molecular flexibility index (Phi) is 8.75. The van der Waals surface area contributed by atoms with Crippen LogP contribution in [0.2, 0.25) is 0 Å². The van der Waals surface area contributed by atoms with Gasteiger partial charge in [-0.25, -0.2) is 4.79 Å². The summed E-state index contributed by atoms with van der Waals surface area (Å²) in [4.78, 5) is 14.6. The molecule has 0 saturated carbocycles. The molecule has 1 aromatic carbocycles. The number of amides is 2. The number of nitrogens with one attached hydrogen (secondary N) is 2. The van der Waals surface area contributed by atoms with Crippen molar-refractivity contribution < 1.29 is 9.53 Å². The van der Waals surface area contributed by atoms with Gasteiger partial charge in [0, 0.05) is 12.6 Å². The van der Waals surface area contributed by atoms with Gasteiger partial charge in [-0.05, 0) is 82.3 Å². The van der Waals surface area contributed by atoms with Crippen LogP contribution in [0.25, 0.3) is 0 Å². The predicted octanol–water partition coefficient (Wildman–Crippen LogP) is 3.44. The monoisotopic (exact) mass is 361 g/mol. The number of rotatable bonds is 9. The number of likely N-dealkylation sites (tertiary alicyclic amines) is 1. The van der Waals surface area contributed by atoms with Gasteiger partial charge in [-0.2, -0.15) is 0 Å². The predicted molar refractivity (Wildman–Crippen MR) is 107 cm³/mol. The van der Waals surface area contributed by atoms with Crippen molar-refractivity contribution in [3.05, 3.63) is 29.8 Å². The Morgan fingerprint density at radius 2 is 2.08 bits per heavy atom. The van der Waals surface area contributed by atoms with Crippen molar-refractivity contribution in [2.24, 2.45) is 5.92 Å². The highest BCUT2D eigenvalue weighted by Crippen LogP contribution is 2.16. The number of nitrogens with zero attached hydrogens (tertiary/aromatic N) is 1. The molecule has 1 aliphatic rings. The number of piperidine rings is 1. The van der Waals surface area contributed by atoms with Crippen LogP contribution < -0.4 is 15.4 Å². The lowest BCUT2D eigenvalue weighted by atomic mass is 9.99. The first-order valence-corrected chi connectivity index (χ1v) is 9.96. The van der Waals surface area contributed by atoms with E-state index in [2.05, 4.69) is 28.5 Å². The molecule has 0 spiro atoms. The lowest BCUT2D eigenvalue weighted by molar-refractivity contribution is 0.189. The third-order valence-electron chi connectivity index (χ3n) is 5.12. The van der Waals surface area contributed by atoms with E-state index in [0.717, 1.165) is 49.6 Å². The van der Waals surface area contributed by atoms with Gasteiger partial charge < -0.3 is 20.3 Å². The number of carbonyl (C=O) groups is 1. The molecule has 1 atom stereocenters. The molecule has 0 radical (unpaired) electrons. The minimum atomic E-state index is -0.0767. The van der Waals surface area contributed by atoms with E-state index in [1.165, 1.54) is 25.9 Å². The first kappa shape index (κ1) is 20.6. The van der Waals surface area contributed by atoms with Crippen LogP contribution in [0, 0.1) is 5.92 Å². The molecule has 5 heteroatoms. The second-order valence-corrected chi connectivity index (χ2v) is 7.59. The van der Waals surface area contributed by atoms with Crippen LogP contribution in [0.3, 0.4) is 0 Å². The molecule has 0 aliphatic carbocycles. The molecular weight excluding hydrogens is 326 g/mol. The maximum atomic E-state index is 12.0. The Labute approximate surface area is 158 Å². The highest BCUT2D eigenvalue weighted by Gasteiger charge is 2.14. The number of benzene rings is 1. The van der Waals surface area contributed by atoms with Crippen molar-refractivity contribution >= 4 is 6.03 Å². The normalized spacial score (nSPS) is 16.9. The number of carbonyl (C=O) groups excluding carboxylic acids is 1. The van der Waals surface area contributed by atoms with E-state index >= 15 is 0 Å². The third-order valence-corrected chi connectivity index (χ3v) is 5.12. The molecule has 2 amide bonds. The highest BCUT2D eigenvalue weighted by atomic mass is 16.5. The zero-order chi connectivity index (χ0) is 18.8. The lowest BCUT2D eigenvalue weighted by Crippen LogP contribution is -2.42. The molecule has 5 nitrogen and oxygen atoms in total. The number of ether oxygens (including phenoxy) is 1. The molecule has 2 rings (SSSR count). The van der Waals surface area contributed by atoms with E-state index in [1.54, 1.807) is 7.11 Å². The van der Waals surface area contributed by atoms with Crippen molar-refractivity contribution in [3.8, 4) is 5.75 Å². The van der Waals surface area contributed by atoms with Gasteiger partial charge in [0.05, 0.1) is 7.11 Å². The van der Waals surface area contributed by atoms with Crippen LogP contribution in [0.5, 0.6) is 5.75 Å². The van der Waals surface area contributed by atoms with E-state index in [-0.39, 0.29) is 12.1 Å². The van der Waals surface area contributed by atoms with Gasteiger partial charge in [0.2, 0.25) is 0 Å². The Morgan fingerprint density at radius 1 is 1.31 bits per heavy atom. The number of unbranched alkanes of at least 4 members (excludes halogenated alkanes) is 1. The third kappa shape index (κ3) is 7.65. The van der Waals surface area contributed by atoms with Gasteiger partial charge in [0.15, 0.2) is 0 Å². The van der Waals surface area contributed by atoms with Gasteiger partial charge in [0.1, 0.15) is 5.75 Å². The fraction of sp³-hybridized carbons (Fsp3) is 0.667. The highest BCUT2D eigenvalue weighted by molar-refractivity contribution is 5.74. The second kappa shape index (κ2) is 11.1. The molecular formula is C21H35N3O2. The van der Waals surface area contributed by atoms with Crippen molar-refractivity contribution in [3.63, 3.8) is 0 Å². The number of methoxy groups -OCH3 is 1. The molecule has 1 heterocycles. The maximum absolute atomic E-state index is 12.0. The molecule has 1 saturated heterocycles. The SMILES string of the molecule is COc1cccc(CC(C)NC(=O)NCCCCN2CCC(C)CC2)c1. The first-order chi connectivity index (χ1) is 12.6. The van der Waals surface area contributed by atoms with Gasteiger partial charge in [-0.1, -0.05) is 19.1 Å².